The molecule has 1 atom stereocenters. The molecule has 9 heteroatoms. The molecule has 0 aliphatic carbocycles. The van der Waals surface area contributed by atoms with E-state index >= 15 is 0 Å². The first-order valence-corrected chi connectivity index (χ1v) is 10.4. The van der Waals surface area contributed by atoms with E-state index in [0.29, 0.717) is 41.4 Å². The number of aryl methyl sites for hydroxylation is 1. The van der Waals surface area contributed by atoms with Gasteiger partial charge in [-0.25, -0.2) is 8.42 Å². The number of hydrogen-bond acceptors (Lipinski definition) is 6. The Bertz CT molecular complexity index is 952. The van der Waals surface area contributed by atoms with E-state index in [1.165, 1.54) is 4.68 Å². The van der Waals surface area contributed by atoms with Gasteiger partial charge in [0.15, 0.2) is 9.84 Å². The van der Waals surface area contributed by atoms with Crippen molar-refractivity contribution >= 4 is 15.7 Å². The van der Waals surface area contributed by atoms with Gasteiger partial charge in [0.05, 0.1) is 31.4 Å². The number of carbonyl (C=O) groups is 1. The molecule has 0 saturated carbocycles. The lowest BCUT2D eigenvalue weighted by Gasteiger charge is -2.09. The first kappa shape index (κ1) is 19.2. The van der Waals surface area contributed by atoms with E-state index in [-0.39, 0.29) is 23.3 Å². The van der Waals surface area contributed by atoms with Crippen LogP contribution in [0.15, 0.2) is 24.3 Å². The van der Waals surface area contributed by atoms with Gasteiger partial charge in [0.1, 0.15) is 17.2 Å². The molecule has 27 heavy (non-hydrogen) atoms. The van der Waals surface area contributed by atoms with E-state index in [9.17, 15) is 13.2 Å². The van der Waals surface area contributed by atoms with Crippen molar-refractivity contribution in [2.75, 3.05) is 32.3 Å². The molecule has 1 unspecified atom stereocenters. The van der Waals surface area contributed by atoms with Crippen LogP contribution in [0.25, 0.3) is 11.3 Å². The number of methoxy groups -OCH3 is 2. The Kier molecular flexibility index (Phi) is 5.41. The first-order valence-electron chi connectivity index (χ1n) is 8.58. The van der Waals surface area contributed by atoms with E-state index in [4.69, 9.17) is 9.47 Å². The monoisotopic (exact) mass is 393 g/mol. The fourth-order valence-electron chi connectivity index (χ4n) is 3.19. The quantitative estimate of drug-likeness (QED) is 0.793. The van der Waals surface area contributed by atoms with Crippen LogP contribution in [0.5, 0.6) is 11.5 Å². The maximum Gasteiger partial charge on any atom is 0.269 e. The second kappa shape index (κ2) is 7.59. The highest BCUT2D eigenvalue weighted by Crippen LogP contribution is 2.32. The van der Waals surface area contributed by atoms with Crippen LogP contribution in [0.2, 0.25) is 0 Å². The molecule has 1 N–H and O–H groups in total. The normalized spacial score (nSPS) is 18.3. The third-order valence-corrected chi connectivity index (χ3v) is 6.51. The molecule has 1 aliphatic heterocycles. The van der Waals surface area contributed by atoms with E-state index < -0.39 is 9.84 Å². The van der Waals surface area contributed by atoms with Crippen molar-refractivity contribution in [2.24, 2.45) is 13.0 Å². The number of sulfone groups is 1. The van der Waals surface area contributed by atoms with Crippen molar-refractivity contribution in [2.45, 2.75) is 6.42 Å². The highest BCUT2D eigenvalue weighted by Gasteiger charge is 2.28. The van der Waals surface area contributed by atoms with Crippen LogP contribution in [0.3, 0.4) is 0 Å². The van der Waals surface area contributed by atoms with Gasteiger partial charge >= 0.3 is 0 Å². The lowest BCUT2D eigenvalue weighted by Crippen LogP contribution is -2.31. The van der Waals surface area contributed by atoms with Crippen LogP contribution < -0.4 is 14.8 Å². The van der Waals surface area contributed by atoms with Crippen molar-refractivity contribution in [1.82, 2.24) is 15.1 Å². The van der Waals surface area contributed by atoms with E-state index in [1.54, 1.807) is 45.5 Å². The number of rotatable bonds is 6. The van der Waals surface area contributed by atoms with Gasteiger partial charge in [-0.05, 0) is 36.6 Å². The Hall–Kier alpha value is -2.55. The summed E-state index contributed by atoms with van der Waals surface area (Å²) in [4.78, 5) is 12.5. The number of amides is 1. The van der Waals surface area contributed by atoms with Crippen molar-refractivity contribution < 1.29 is 22.7 Å². The molecule has 2 aromatic rings. The summed E-state index contributed by atoms with van der Waals surface area (Å²) in [6, 6.07) is 7.04. The van der Waals surface area contributed by atoms with Crippen LogP contribution in [0.1, 0.15) is 16.9 Å². The number of ether oxygens (including phenoxy) is 2. The van der Waals surface area contributed by atoms with Gasteiger partial charge in [-0.15, -0.1) is 0 Å². The van der Waals surface area contributed by atoms with Crippen LogP contribution in [0.4, 0.5) is 0 Å². The van der Waals surface area contributed by atoms with Crippen LogP contribution in [-0.4, -0.2) is 56.4 Å². The molecule has 1 fully saturated rings. The van der Waals surface area contributed by atoms with Gasteiger partial charge in [-0.3, -0.25) is 9.48 Å². The maximum absolute atomic E-state index is 12.5. The molecule has 3 rings (SSSR count). The highest BCUT2D eigenvalue weighted by atomic mass is 32.2. The summed E-state index contributed by atoms with van der Waals surface area (Å²) >= 11 is 0. The topological polar surface area (TPSA) is 99.5 Å². The summed E-state index contributed by atoms with van der Waals surface area (Å²) in [5.41, 5.74) is 1.69. The van der Waals surface area contributed by atoms with Crippen molar-refractivity contribution in [3.8, 4) is 22.8 Å². The first-order chi connectivity index (χ1) is 12.8. The number of aromatic nitrogens is 2. The molecule has 1 aromatic carbocycles. The SMILES string of the molecule is COc1ccc(OC)c(-c2cc(C(=O)NCC3CCS(=O)(=O)C3)n(C)n2)c1. The maximum atomic E-state index is 12.5. The van der Waals surface area contributed by atoms with Crippen molar-refractivity contribution in [1.29, 1.82) is 0 Å². The number of hydrogen-bond donors (Lipinski definition) is 1. The van der Waals surface area contributed by atoms with Gasteiger partial charge < -0.3 is 14.8 Å². The van der Waals surface area contributed by atoms with Crippen molar-refractivity contribution in [3.63, 3.8) is 0 Å². The number of nitrogens with one attached hydrogen (secondary N) is 1. The minimum Gasteiger partial charge on any atom is -0.497 e. The lowest BCUT2D eigenvalue weighted by atomic mass is 10.1. The minimum atomic E-state index is -2.96. The summed E-state index contributed by atoms with van der Waals surface area (Å²) in [7, 11) is 1.87. The zero-order valence-corrected chi connectivity index (χ0v) is 16.4. The van der Waals surface area contributed by atoms with Crippen LogP contribution in [-0.2, 0) is 16.9 Å². The second-order valence-electron chi connectivity index (χ2n) is 6.58. The van der Waals surface area contributed by atoms with Gasteiger partial charge in [0, 0.05) is 19.2 Å². The Morgan fingerprint density at radius 2 is 2.07 bits per heavy atom. The Balaban J connectivity index is 1.77. The predicted octanol–water partition coefficient (Wildman–Crippen LogP) is 1.27. The molecule has 0 radical (unpaired) electrons. The molecule has 0 spiro atoms. The average Bonchev–Trinajstić information content (AvgIpc) is 3.21. The molecular formula is C18H23N3O5S. The van der Waals surface area contributed by atoms with Crippen molar-refractivity contribution in [3.05, 3.63) is 30.0 Å². The number of nitrogens with zero attached hydrogens (tertiary/aromatic N) is 2. The third-order valence-electron chi connectivity index (χ3n) is 4.67. The molecule has 0 bridgehead atoms. The van der Waals surface area contributed by atoms with E-state index in [1.807, 2.05) is 0 Å². The summed E-state index contributed by atoms with van der Waals surface area (Å²) in [5.74, 6) is 1.28. The molecule has 1 aromatic heterocycles. The highest BCUT2D eigenvalue weighted by molar-refractivity contribution is 7.91. The smallest absolute Gasteiger partial charge is 0.269 e. The standard InChI is InChI=1S/C18H23N3O5S/c1-21-16(18(22)19-10-12-6-7-27(23,24)11-12)9-15(20-21)14-8-13(25-2)4-5-17(14)26-3/h4-5,8-9,12H,6-7,10-11H2,1-3H3,(H,19,22). The zero-order chi connectivity index (χ0) is 19.6. The molecule has 2 heterocycles. The fraction of sp³-hybridized carbons (Fsp3) is 0.444. The predicted molar refractivity (Wildman–Crippen MR) is 101 cm³/mol. The number of benzene rings is 1. The molecule has 8 nitrogen and oxygen atoms in total. The zero-order valence-electron chi connectivity index (χ0n) is 15.6. The summed E-state index contributed by atoms with van der Waals surface area (Å²) in [5, 5.41) is 7.23. The molecule has 1 aliphatic rings. The Morgan fingerprint density at radius 1 is 1.30 bits per heavy atom. The minimum absolute atomic E-state index is 0.0369. The fourth-order valence-corrected chi connectivity index (χ4v) is 5.05. The molecule has 1 saturated heterocycles. The molecule has 146 valence electrons. The number of carbonyl (C=O) groups excluding carboxylic acids is 1. The molecular weight excluding hydrogens is 370 g/mol. The molecule has 1 amide bonds. The second-order valence-corrected chi connectivity index (χ2v) is 8.81. The lowest BCUT2D eigenvalue weighted by molar-refractivity contribution is 0.0939. The summed E-state index contributed by atoms with van der Waals surface area (Å²) in [6.07, 6.45) is 0.584. The van der Waals surface area contributed by atoms with Crippen LogP contribution >= 0.6 is 0 Å². The summed E-state index contributed by atoms with van der Waals surface area (Å²) < 4.78 is 35.2. The van der Waals surface area contributed by atoms with Gasteiger partial charge in [0.2, 0.25) is 0 Å². The Morgan fingerprint density at radius 3 is 2.70 bits per heavy atom. The third kappa shape index (κ3) is 4.24. The van der Waals surface area contributed by atoms with E-state index in [2.05, 4.69) is 10.4 Å². The van der Waals surface area contributed by atoms with Gasteiger partial charge in [-0.1, -0.05) is 0 Å². The largest absolute Gasteiger partial charge is 0.497 e. The van der Waals surface area contributed by atoms with Crippen LogP contribution in [0, 0.1) is 5.92 Å². The summed E-state index contributed by atoms with van der Waals surface area (Å²) in [6.45, 7) is 0.334. The van der Waals surface area contributed by atoms with E-state index in [0.717, 1.165) is 0 Å². The van der Waals surface area contributed by atoms with Gasteiger partial charge in [0.25, 0.3) is 5.91 Å². The van der Waals surface area contributed by atoms with Gasteiger partial charge in [-0.2, -0.15) is 5.10 Å². The average molecular weight is 393 g/mol. The Labute approximate surface area is 158 Å².